The Morgan fingerprint density at radius 1 is 1.03 bits per heavy atom. The lowest BCUT2D eigenvalue weighted by atomic mass is 9.94. The van der Waals surface area contributed by atoms with Crippen molar-refractivity contribution in [3.05, 3.63) is 87.9 Å². The van der Waals surface area contributed by atoms with Crippen LogP contribution in [0.5, 0.6) is 0 Å². The van der Waals surface area contributed by atoms with E-state index in [0.29, 0.717) is 24.3 Å². The zero-order valence-electron chi connectivity index (χ0n) is 20.0. The highest BCUT2D eigenvalue weighted by molar-refractivity contribution is 7.09. The van der Waals surface area contributed by atoms with Gasteiger partial charge in [0.25, 0.3) is 0 Å². The molecule has 1 fully saturated rings. The molecular weight excluding hydrogens is 475 g/mol. The Morgan fingerprint density at radius 3 is 2.50 bits per heavy atom. The lowest BCUT2D eigenvalue weighted by Crippen LogP contribution is -2.49. The van der Waals surface area contributed by atoms with E-state index in [0.717, 1.165) is 42.5 Å². The molecule has 6 nitrogen and oxygen atoms in total. The van der Waals surface area contributed by atoms with E-state index < -0.39 is 0 Å². The van der Waals surface area contributed by atoms with E-state index in [2.05, 4.69) is 11.4 Å². The third-order valence-electron chi connectivity index (χ3n) is 6.39. The first-order valence-corrected chi connectivity index (χ1v) is 13.0. The number of carbonyl (C=O) groups excluding carboxylic acids is 2. The van der Waals surface area contributed by atoms with Gasteiger partial charge in [-0.3, -0.25) is 4.79 Å². The lowest BCUT2D eigenvalue weighted by molar-refractivity contribution is -0.133. The number of amides is 3. The van der Waals surface area contributed by atoms with Crippen LogP contribution < -0.4 is 5.32 Å². The first-order valence-electron chi connectivity index (χ1n) is 12.1. The van der Waals surface area contributed by atoms with Crippen molar-refractivity contribution in [1.29, 1.82) is 5.26 Å². The maximum Gasteiger partial charge on any atom is 0.322 e. The highest BCUT2D eigenvalue weighted by atomic mass is 32.1. The van der Waals surface area contributed by atoms with E-state index in [1.165, 1.54) is 12.1 Å². The second-order valence-corrected chi connectivity index (χ2v) is 10.0. The fraction of sp³-hybridized carbons (Fsp3) is 0.321. The van der Waals surface area contributed by atoms with Crippen LogP contribution in [0.2, 0.25) is 0 Å². The van der Waals surface area contributed by atoms with Crippen molar-refractivity contribution in [3.8, 4) is 6.07 Å². The number of nitrogens with one attached hydrogen (secondary N) is 1. The molecule has 0 atom stereocenters. The number of halogens is 1. The van der Waals surface area contributed by atoms with Gasteiger partial charge in [-0.2, -0.15) is 5.26 Å². The minimum Gasteiger partial charge on any atom is -0.332 e. The Bertz CT molecular complexity index is 1200. The third-order valence-corrected chi connectivity index (χ3v) is 7.25. The van der Waals surface area contributed by atoms with E-state index in [9.17, 15) is 19.2 Å². The summed E-state index contributed by atoms with van der Waals surface area (Å²) in [7, 11) is 0. The van der Waals surface area contributed by atoms with E-state index >= 15 is 0 Å². The minimum absolute atomic E-state index is 0.0312. The first kappa shape index (κ1) is 25.4. The highest BCUT2D eigenvalue weighted by Gasteiger charge is 2.29. The van der Waals surface area contributed by atoms with Gasteiger partial charge in [0, 0.05) is 23.2 Å². The summed E-state index contributed by atoms with van der Waals surface area (Å²) >= 11 is 1.57. The number of rotatable bonds is 8. The Balaban J connectivity index is 1.54. The van der Waals surface area contributed by atoms with Gasteiger partial charge >= 0.3 is 6.03 Å². The van der Waals surface area contributed by atoms with Crippen molar-refractivity contribution in [2.75, 3.05) is 11.9 Å². The Kier molecular flexibility index (Phi) is 8.69. The van der Waals surface area contributed by atoms with Crippen LogP contribution in [0.3, 0.4) is 0 Å². The molecule has 1 heterocycles. The summed E-state index contributed by atoms with van der Waals surface area (Å²) in [6.45, 7) is 0.681. The molecule has 3 aromatic rings. The molecule has 0 spiro atoms. The zero-order valence-corrected chi connectivity index (χ0v) is 20.8. The van der Waals surface area contributed by atoms with Gasteiger partial charge < -0.3 is 15.1 Å². The number of benzene rings is 2. The summed E-state index contributed by atoms with van der Waals surface area (Å²) in [5.74, 6) is -0.491. The molecule has 0 radical (unpaired) electrons. The van der Waals surface area contributed by atoms with Crippen LogP contribution in [0.4, 0.5) is 14.9 Å². The largest absolute Gasteiger partial charge is 0.332 e. The maximum atomic E-state index is 13.6. The summed E-state index contributed by atoms with van der Waals surface area (Å²) in [6, 6.07) is 18.5. The molecule has 0 aliphatic heterocycles. The van der Waals surface area contributed by atoms with Crippen LogP contribution >= 0.6 is 11.3 Å². The smallest absolute Gasteiger partial charge is 0.322 e. The molecule has 3 amide bonds. The molecular formula is C28H29FN4O2S. The van der Waals surface area contributed by atoms with E-state index in [4.69, 9.17) is 0 Å². The monoisotopic (exact) mass is 504 g/mol. The van der Waals surface area contributed by atoms with Crippen molar-refractivity contribution in [2.24, 2.45) is 0 Å². The number of hydrogen-bond acceptors (Lipinski definition) is 4. The normalized spacial score (nSPS) is 13.6. The van der Waals surface area contributed by atoms with Gasteiger partial charge in [-0.05, 0) is 60.2 Å². The number of anilines is 1. The van der Waals surface area contributed by atoms with Crippen LogP contribution in [0.25, 0.3) is 0 Å². The van der Waals surface area contributed by atoms with Gasteiger partial charge in [0.15, 0.2) is 0 Å². The maximum absolute atomic E-state index is 13.6. The molecule has 8 heteroatoms. The second-order valence-electron chi connectivity index (χ2n) is 9.00. The van der Waals surface area contributed by atoms with E-state index in [-0.39, 0.29) is 30.3 Å². The van der Waals surface area contributed by atoms with Gasteiger partial charge in [-0.1, -0.05) is 43.5 Å². The Hall–Kier alpha value is -3.70. The fourth-order valence-corrected chi connectivity index (χ4v) is 5.22. The van der Waals surface area contributed by atoms with Gasteiger partial charge in [0.05, 0.1) is 18.2 Å². The number of thiophene rings is 1. The number of carbonyl (C=O) groups is 2. The molecule has 36 heavy (non-hydrogen) atoms. The average molecular weight is 505 g/mol. The van der Waals surface area contributed by atoms with E-state index in [1.54, 1.807) is 57.5 Å². The summed E-state index contributed by atoms with van der Waals surface area (Å²) in [4.78, 5) is 31.4. The summed E-state index contributed by atoms with van der Waals surface area (Å²) in [6.07, 6.45) is 4.85. The van der Waals surface area contributed by atoms with Crippen molar-refractivity contribution in [2.45, 2.75) is 51.2 Å². The molecule has 1 aliphatic rings. The van der Waals surface area contributed by atoms with Crippen molar-refractivity contribution in [3.63, 3.8) is 0 Å². The topological polar surface area (TPSA) is 76.4 Å². The Morgan fingerprint density at radius 2 is 1.81 bits per heavy atom. The van der Waals surface area contributed by atoms with Crippen LogP contribution in [0, 0.1) is 17.1 Å². The second kappa shape index (κ2) is 12.3. The zero-order chi connectivity index (χ0) is 25.3. The molecule has 0 bridgehead atoms. The third kappa shape index (κ3) is 6.92. The summed E-state index contributed by atoms with van der Waals surface area (Å²) in [5.41, 5.74) is 1.80. The number of urea groups is 1. The van der Waals surface area contributed by atoms with Crippen molar-refractivity contribution >= 4 is 29.0 Å². The lowest BCUT2D eigenvalue weighted by Gasteiger charge is -2.35. The molecule has 1 aromatic heterocycles. The molecule has 4 rings (SSSR count). The molecule has 0 saturated heterocycles. The summed E-state index contributed by atoms with van der Waals surface area (Å²) in [5, 5.41) is 14.0. The molecule has 1 saturated carbocycles. The van der Waals surface area contributed by atoms with Crippen LogP contribution in [-0.4, -0.2) is 34.3 Å². The first-order chi connectivity index (χ1) is 17.5. The molecule has 1 N–H and O–H groups in total. The van der Waals surface area contributed by atoms with Crippen molar-refractivity contribution in [1.82, 2.24) is 9.80 Å². The molecule has 2 aromatic carbocycles. The number of hydrogen-bond donors (Lipinski definition) is 1. The van der Waals surface area contributed by atoms with Crippen molar-refractivity contribution < 1.29 is 14.0 Å². The van der Waals surface area contributed by atoms with Gasteiger partial charge in [-0.25, -0.2) is 9.18 Å². The Labute approximate surface area is 215 Å². The van der Waals surface area contributed by atoms with Crippen LogP contribution in [-0.2, 0) is 17.9 Å². The van der Waals surface area contributed by atoms with Gasteiger partial charge in [-0.15, -0.1) is 11.3 Å². The van der Waals surface area contributed by atoms with Gasteiger partial charge in [0.1, 0.15) is 12.4 Å². The summed E-state index contributed by atoms with van der Waals surface area (Å²) < 4.78 is 13.4. The molecule has 0 unspecified atom stereocenters. The number of nitrogens with zero attached hydrogens (tertiary/aromatic N) is 3. The predicted molar refractivity (Wildman–Crippen MR) is 139 cm³/mol. The number of nitriles is 1. The van der Waals surface area contributed by atoms with Gasteiger partial charge in [0.2, 0.25) is 5.91 Å². The quantitative estimate of drug-likeness (QED) is 0.399. The standard InChI is InChI=1S/C28H29FN4O2S/c29-23-13-11-21(12-14-23)18-32(19-26-10-5-15-36-26)27(34)20-33(25-8-2-1-3-9-25)28(35)31-24-7-4-6-22(16-24)17-30/h4-7,10-16,25H,1-3,8-9,18-20H2,(H,31,35). The molecule has 1 aliphatic carbocycles. The van der Waals surface area contributed by atoms with Crippen LogP contribution in [0.1, 0.15) is 48.1 Å². The molecule has 186 valence electrons. The predicted octanol–water partition coefficient (Wildman–Crippen LogP) is 6.15. The SMILES string of the molecule is N#Cc1cccc(NC(=O)N(CC(=O)N(Cc2ccc(F)cc2)Cc2cccs2)C2CCCCC2)c1. The van der Waals surface area contributed by atoms with E-state index in [1.807, 2.05) is 17.5 Å². The minimum atomic E-state index is -0.344. The highest BCUT2D eigenvalue weighted by Crippen LogP contribution is 2.24. The fourth-order valence-electron chi connectivity index (χ4n) is 4.50. The average Bonchev–Trinajstić information content (AvgIpc) is 3.42. The van der Waals surface area contributed by atoms with Crippen LogP contribution in [0.15, 0.2) is 66.0 Å².